The number of benzene rings is 1. The number of ether oxygens (including phenoxy) is 2. The Morgan fingerprint density at radius 1 is 0.682 bits per heavy atom. The van der Waals surface area contributed by atoms with Gasteiger partial charge < -0.3 is 9.47 Å². The summed E-state index contributed by atoms with van der Waals surface area (Å²) in [7, 11) is -2.72. The van der Waals surface area contributed by atoms with Crippen molar-refractivity contribution in [2.24, 2.45) is 0 Å². The molecule has 2 heterocycles. The first-order valence-corrected chi connectivity index (χ1v) is 19.3. The van der Waals surface area contributed by atoms with Gasteiger partial charge >= 0.3 is 8.25 Å². The molecule has 8 heteroatoms. The van der Waals surface area contributed by atoms with Gasteiger partial charge in [-0.1, -0.05) is 115 Å². The molecule has 1 atom stereocenters. The molecule has 0 spiro atoms. The number of hydrogen-bond acceptors (Lipinski definition) is 6. The predicted octanol–water partition coefficient (Wildman–Crippen LogP) is 12.2. The van der Waals surface area contributed by atoms with Crippen molar-refractivity contribution in [1.29, 1.82) is 0 Å². The van der Waals surface area contributed by atoms with E-state index in [2.05, 4.69) is 56.9 Å². The number of unbranched alkanes of at least 4 members (excludes halogenated alkanes) is 12. The van der Waals surface area contributed by atoms with Gasteiger partial charge in [0.15, 0.2) is 0 Å². The summed E-state index contributed by atoms with van der Waals surface area (Å²) >= 11 is 3.02. The van der Waals surface area contributed by atoms with E-state index in [9.17, 15) is 9.46 Å². The summed E-state index contributed by atoms with van der Waals surface area (Å²) in [5.41, 5.74) is 1.91. The highest BCUT2D eigenvalue weighted by Gasteiger charge is 2.21. The molecule has 0 aliphatic heterocycles. The van der Waals surface area contributed by atoms with Crippen LogP contribution in [-0.4, -0.2) is 18.1 Å². The van der Waals surface area contributed by atoms with Gasteiger partial charge in [-0.2, -0.15) is 0 Å². The Morgan fingerprint density at radius 2 is 1.20 bits per heavy atom. The van der Waals surface area contributed by atoms with Crippen LogP contribution in [-0.2, 0) is 4.57 Å². The molecule has 0 saturated carbocycles. The fourth-order valence-electron chi connectivity index (χ4n) is 4.89. The van der Waals surface area contributed by atoms with Crippen molar-refractivity contribution in [1.82, 2.24) is 0 Å². The first-order chi connectivity index (χ1) is 21.5. The fraction of sp³-hybridized carbons (Fsp3) is 0.556. The summed E-state index contributed by atoms with van der Waals surface area (Å²) in [6, 6.07) is 12.0. The Balaban J connectivity index is 1.88. The van der Waals surface area contributed by atoms with Crippen LogP contribution in [0.5, 0.6) is 16.6 Å². The lowest BCUT2D eigenvalue weighted by Gasteiger charge is -2.17. The molecule has 5 nitrogen and oxygen atoms in total. The zero-order valence-electron chi connectivity index (χ0n) is 26.8. The lowest BCUT2D eigenvalue weighted by Crippen LogP contribution is -2.02. The van der Waals surface area contributed by atoms with Crippen LogP contribution >= 0.6 is 30.9 Å². The van der Waals surface area contributed by atoms with Crippen molar-refractivity contribution in [3.05, 3.63) is 41.3 Å². The average molecular weight is 658 g/mol. The Bertz CT molecular complexity index is 1320. The molecule has 0 fully saturated rings. The largest absolute Gasteiger partial charge is 0.748 e. The van der Waals surface area contributed by atoms with Gasteiger partial charge in [0, 0.05) is 31.9 Å². The fourth-order valence-corrected chi connectivity index (χ4v) is 7.11. The molecule has 44 heavy (non-hydrogen) atoms. The molecule has 0 aliphatic rings. The SMILES string of the molecule is CCCCCCCCC#Cc1ccc(-c2cc(OCCCCCC)c(-c3ccc(O[P+](=O)O)s3)cc2OCCCCCC)s1. The topological polar surface area (TPSA) is 65.0 Å². The molecule has 0 saturated heterocycles. The molecule has 2 aromatic heterocycles. The van der Waals surface area contributed by atoms with Crippen LogP contribution in [0, 0.1) is 11.8 Å². The maximum Gasteiger partial charge on any atom is 0.748 e. The van der Waals surface area contributed by atoms with Crippen LogP contribution in [0.4, 0.5) is 0 Å². The van der Waals surface area contributed by atoms with E-state index in [4.69, 9.17) is 14.0 Å². The number of thiophene rings is 2. The highest BCUT2D eigenvalue weighted by molar-refractivity contribution is 7.33. The zero-order chi connectivity index (χ0) is 31.4. The van der Waals surface area contributed by atoms with Crippen LogP contribution in [0.2, 0.25) is 0 Å². The summed E-state index contributed by atoms with van der Waals surface area (Å²) in [4.78, 5) is 12.3. The lowest BCUT2D eigenvalue weighted by molar-refractivity contribution is 0.299. The van der Waals surface area contributed by atoms with E-state index in [1.54, 1.807) is 17.4 Å². The molecule has 1 unspecified atom stereocenters. The highest BCUT2D eigenvalue weighted by atomic mass is 32.1. The third-order valence-electron chi connectivity index (χ3n) is 7.35. The van der Waals surface area contributed by atoms with Gasteiger partial charge in [-0.3, -0.25) is 0 Å². The zero-order valence-corrected chi connectivity index (χ0v) is 29.4. The second kappa shape index (κ2) is 21.4. The molecule has 1 aromatic carbocycles. The molecular formula is C36H50O5PS2+. The maximum atomic E-state index is 11.3. The van der Waals surface area contributed by atoms with Crippen molar-refractivity contribution in [3.63, 3.8) is 0 Å². The minimum absolute atomic E-state index is 0.394. The quantitative estimate of drug-likeness (QED) is 0.0662. The molecule has 240 valence electrons. The van der Waals surface area contributed by atoms with Crippen LogP contribution in [0.25, 0.3) is 20.9 Å². The molecule has 0 radical (unpaired) electrons. The molecule has 3 aromatic rings. The summed E-state index contributed by atoms with van der Waals surface area (Å²) in [6.45, 7) is 7.94. The molecule has 3 rings (SSSR count). The summed E-state index contributed by atoms with van der Waals surface area (Å²) in [5, 5.41) is 0.394. The Morgan fingerprint density at radius 3 is 1.80 bits per heavy atom. The lowest BCUT2D eigenvalue weighted by atomic mass is 10.1. The molecule has 0 aliphatic carbocycles. The van der Waals surface area contributed by atoms with E-state index in [-0.39, 0.29) is 0 Å². The number of hydrogen-bond donors (Lipinski definition) is 1. The average Bonchev–Trinajstić information content (AvgIpc) is 3.68. The first-order valence-electron chi connectivity index (χ1n) is 16.5. The van der Waals surface area contributed by atoms with Gasteiger partial charge in [0.25, 0.3) is 0 Å². The molecule has 0 bridgehead atoms. The summed E-state index contributed by atoms with van der Waals surface area (Å²) in [6.07, 6.45) is 17.6. The van der Waals surface area contributed by atoms with E-state index in [1.165, 1.54) is 69.1 Å². The van der Waals surface area contributed by atoms with E-state index in [1.807, 2.05) is 6.07 Å². The van der Waals surface area contributed by atoms with Crippen molar-refractivity contribution < 1.29 is 23.5 Å². The molecule has 0 amide bonds. The number of rotatable bonds is 22. The van der Waals surface area contributed by atoms with Crippen molar-refractivity contribution in [3.8, 4) is 49.3 Å². The third kappa shape index (κ3) is 12.9. The van der Waals surface area contributed by atoms with Crippen molar-refractivity contribution in [2.75, 3.05) is 13.2 Å². The van der Waals surface area contributed by atoms with Gasteiger partial charge in [-0.15, -0.1) is 16.2 Å². The van der Waals surface area contributed by atoms with E-state index in [0.717, 1.165) is 75.8 Å². The third-order valence-corrected chi connectivity index (χ3v) is 9.85. The first kappa shape index (κ1) is 36.1. The van der Waals surface area contributed by atoms with Crippen LogP contribution in [0.1, 0.15) is 122 Å². The van der Waals surface area contributed by atoms with Gasteiger partial charge in [-0.05, 0) is 55.7 Å². The van der Waals surface area contributed by atoms with E-state index >= 15 is 0 Å². The van der Waals surface area contributed by atoms with Gasteiger partial charge in [-0.25, -0.2) is 4.52 Å². The normalized spacial score (nSPS) is 11.2. The predicted molar refractivity (Wildman–Crippen MR) is 188 cm³/mol. The second-order valence-electron chi connectivity index (χ2n) is 11.1. The van der Waals surface area contributed by atoms with Crippen LogP contribution < -0.4 is 14.0 Å². The Labute approximate surface area is 274 Å². The van der Waals surface area contributed by atoms with Crippen molar-refractivity contribution >= 4 is 30.9 Å². The molecule has 1 N–H and O–H groups in total. The van der Waals surface area contributed by atoms with Gasteiger partial charge in [0.2, 0.25) is 5.06 Å². The van der Waals surface area contributed by atoms with E-state index in [0.29, 0.717) is 18.3 Å². The van der Waals surface area contributed by atoms with Crippen LogP contribution in [0.3, 0.4) is 0 Å². The maximum absolute atomic E-state index is 11.3. The molecular weight excluding hydrogens is 607 g/mol. The minimum Gasteiger partial charge on any atom is -0.493 e. The minimum atomic E-state index is -2.72. The summed E-state index contributed by atoms with van der Waals surface area (Å²) < 4.78 is 29.2. The van der Waals surface area contributed by atoms with Gasteiger partial charge in [0.1, 0.15) is 11.5 Å². The summed E-state index contributed by atoms with van der Waals surface area (Å²) in [5.74, 6) is 8.36. The Hall–Kier alpha value is -2.36. The second-order valence-corrected chi connectivity index (χ2v) is 13.9. The van der Waals surface area contributed by atoms with Crippen molar-refractivity contribution in [2.45, 2.75) is 117 Å². The van der Waals surface area contributed by atoms with E-state index < -0.39 is 8.25 Å². The monoisotopic (exact) mass is 657 g/mol. The smallest absolute Gasteiger partial charge is 0.493 e. The Kier molecular flexibility index (Phi) is 17.6. The van der Waals surface area contributed by atoms with Gasteiger partial charge in [0.05, 0.1) is 18.1 Å². The highest BCUT2D eigenvalue weighted by Crippen LogP contribution is 2.46. The standard InChI is InChI=1S/C36H49O5PS2/c1-4-7-10-13-14-15-16-17-20-29-21-22-34(43-29)30-27-33(40-26-19-12-9-6-3)31(28-32(30)39-25-18-11-8-5-2)35-23-24-36(44-35)41-42(37)38/h21-24,27-28H,4-16,18-19,25-26H2,1-3H3/p+1. The van der Waals surface area contributed by atoms with Crippen LogP contribution in [0.15, 0.2) is 36.4 Å².